The Balaban J connectivity index is 2.12. The topological polar surface area (TPSA) is 152 Å². The quantitative estimate of drug-likeness (QED) is 0.189. The smallest absolute Gasteiger partial charge is 0.231 e. The van der Waals surface area contributed by atoms with Crippen LogP contribution in [0.1, 0.15) is 25.0 Å². The zero-order valence-electron chi connectivity index (χ0n) is 21.7. The Morgan fingerprint density at radius 1 is 0.795 bits per heavy atom. The maximum absolute atomic E-state index is 13.8. The third-order valence-corrected chi connectivity index (χ3v) is 7.39. The zero-order valence-corrected chi connectivity index (χ0v) is 21.7. The van der Waals surface area contributed by atoms with Crippen LogP contribution in [0.25, 0.3) is 43.1 Å². The van der Waals surface area contributed by atoms with Crippen molar-refractivity contribution >= 4 is 43.1 Å². The summed E-state index contributed by atoms with van der Waals surface area (Å²) in [5.74, 6) is -0.549. The molecule has 6 rings (SSSR count). The van der Waals surface area contributed by atoms with Crippen molar-refractivity contribution in [2.75, 3.05) is 21.0 Å². The average Bonchev–Trinajstić information content (AvgIpc) is 3.06. The second kappa shape index (κ2) is 8.62. The van der Waals surface area contributed by atoms with Crippen molar-refractivity contribution in [2.45, 2.75) is 38.9 Å². The Morgan fingerprint density at radius 2 is 1.41 bits per heavy atom. The fourth-order valence-electron chi connectivity index (χ4n) is 6.12. The minimum atomic E-state index is -0.889. The van der Waals surface area contributed by atoms with Gasteiger partial charge < -0.3 is 39.4 Å². The molecule has 0 bridgehead atoms. The van der Waals surface area contributed by atoms with Crippen molar-refractivity contribution < 1.29 is 39.4 Å². The van der Waals surface area contributed by atoms with E-state index in [2.05, 4.69) is 0 Å². The number of benzene rings is 5. The summed E-state index contributed by atoms with van der Waals surface area (Å²) in [6, 6.07) is 2.53. The predicted molar refractivity (Wildman–Crippen MR) is 145 cm³/mol. The molecule has 0 saturated carbocycles. The number of phenols is 2. The molecular weight excluding hydrogens is 508 g/mol. The van der Waals surface area contributed by atoms with E-state index in [1.54, 1.807) is 13.8 Å². The fraction of sp³-hybridized carbons (Fsp3) is 0.310. The highest BCUT2D eigenvalue weighted by atomic mass is 16.7. The van der Waals surface area contributed by atoms with Crippen molar-refractivity contribution in [3.63, 3.8) is 0 Å². The van der Waals surface area contributed by atoms with Crippen LogP contribution in [-0.4, -0.2) is 53.6 Å². The molecule has 0 radical (unpaired) electrons. The summed E-state index contributed by atoms with van der Waals surface area (Å²) >= 11 is 0. The molecule has 5 aromatic carbocycles. The second-order valence-electron chi connectivity index (χ2n) is 9.98. The SMILES string of the molecule is COc1c(O)c2c(=O)cc3c4c5c(c(O)cc6c(=O)c(OC)c(C[C@@H](C)O)c(c(c1C[C@@H](C)O)c24)c65)OCO3. The van der Waals surface area contributed by atoms with Gasteiger partial charge in [0.15, 0.2) is 34.2 Å². The number of methoxy groups -OCH3 is 2. The number of hydrogen-bond acceptors (Lipinski definition) is 10. The lowest BCUT2D eigenvalue weighted by molar-refractivity contribution is 0.122. The average molecular weight is 535 g/mol. The van der Waals surface area contributed by atoms with Gasteiger partial charge in [-0.25, -0.2) is 0 Å². The van der Waals surface area contributed by atoms with Crippen molar-refractivity contribution in [1.29, 1.82) is 0 Å². The first kappa shape index (κ1) is 25.0. The van der Waals surface area contributed by atoms with Crippen LogP contribution >= 0.6 is 0 Å². The second-order valence-corrected chi connectivity index (χ2v) is 9.98. The molecule has 0 aliphatic carbocycles. The Labute approximate surface area is 220 Å². The number of fused-ring (bicyclic) bond motifs is 1. The van der Waals surface area contributed by atoms with Crippen molar-refractivity contribution in [3.8, 4) is 34.5 Å². The Bertz CT molecular complexity index is 1930. The lowest BCUT2D eigenvalue weighted by atomic mass is 9.82. The third kappa shape index (κ3) is 3.28. The zero-order chi connectivity index (χ0) is 27.9. The lowest BCUT2D eigenvalue weighted by Gasteiger charge is -2.24. The monoisotopic (exact) mass is 534 g/mol. The van der Waals surface area contributed by atoms with Crippen LogP contribution in [0, 0.1) is 0 Å². The van der Waals surface area contributed by atoms with E-state index in [9.17, 15) is 30.0 Å². The maximum atomic E-state index is 13.8. The van der Waals surface area contributed by atoms with Crippen LogP contribution in [0.2, 0.25) is 0 Å². The fourth-order valence-corrected chi connectivity index (χ4v) is 6.12. The van der Waals surface area contributed by atoms with Gasteiger partial charge in [0.1, 0.15) is 5.75 Å². The number of ether oxygens (including phenoxy) is 4. The van der Waals surface area contributed by atoms with Gasteiger partial charge in [0.05, 0.1) is 31.8 Å². The van der Waals surface area contributed by atoms with Gasteiger partial charge in [0, 0.05) is 57.0 Å². The van der Waals surface area contributed by atoms with Gasteiger partial charge in [-0.05, 0) is 30.7 Å². The van der Waals surface area contributed by atoms with Crippen LogP contribution in [0.15, 0.2) is 21.7 Å². The molecule has 202 valence electrons. The highest BCUT2D eigenvalue weighted by molar-refractivity contribution is 6.38. The summed E-state index contributed by atoms with van der Waals surface area (Å²) < 4.78 is 22.8. The molecule has 0 fully saturated rings. The summed E-state index contributed by atoms with van der Waals surface area (Å²) in [5, 5.41) is 45.7. The minimum Gasteiger partial charge on any atom is -0.504 e. The van der Waals surface area contributed by atoms with E-state index >= 15 is 0 Å². The highest BCUT2D eigenvalue weighted by Gasteiger charge is 2.33. The van der Waals surface area contributed by atoms with Gasteiger partial charge in [-0.15, -0.1) is 0 Å². The van der Waals surface area contributed by atoms with Gasteiger partial charge in [-0.3, -0.25) is 9.59 Å². The number of aromatic hydroxyl groups is 2. The molecule has 0 unspecified atom stereocenters. The Kier molecular flexibility index (Phi) is 5.53. The first-order valence-electron chi connectivity index (χ1n) is 12.4. The normalized spacial score (nSPS) is 14.6. The molecule has 0 saturated heterocycles. The first-order chi connectivity index (χ1) is 18.6. The molecule has 10 nitrogen and oxygen atoms in total. The van der Waals surface area contributed by atoms with Gasteiger partial charge in [0.2, 0.25) is 12.2 Å². The standard InChI is InChI=1S/C29H26O10/c1-10(30)5-13-19-18-12(25(34)27(13)36-3)7-16(33)29-24(18)22-17(38-9-39-29)8-15(32)21-23(22)20(19)14(6-11(2)31)28(37-4)26(21)35/h7-8,10-11,30-31,33,35H,5-6,9H2,1-4H3/t10-,11-/m1/s1. The van der Waals surface area contributed by atoms with Crippen LogP contribution in [0.4, 0.5) is 0 Å². The van der Waals surface area contributed by atoms with Crippen LogP contribution < -0.4 is 29.8 Å². The molecule has 0 aromatic heterocycles. The molecule has 5 aromatic rings. The number of aliphatic hydroxyl groups is 2. The highest BCUT2D eigenvalue weighted by Crippen LogP contribution is 2.55. The van der Waals surface area contributed by atoms with Crippen LogP contribution in [-0.2, 0) is 12.8 Å². The van der Waals surface area contributed by atoms with E-state index in [1.807, 2.05) is 0 Å². The number of hydrogen-bond donors (Lipinski definition) is 4. The molecule has 0 spiro atoms. The van der Waals surface area contributed by atoms with Gasteiger partial charge in [-0.2, -0.15) is 0 Å². The third-order valence-electron chi connectivity index (χ3n) is 7.39. The molecule has 39 heavy (non-hydrogen) atoms. The molecule has 1 aliphatic rings. The van der Waals surface area contributed by atoms with E-state index in [-0.39, 0.29) is 59.2 Å². The molecule has 0 amide bonds. The lowest BCUT2D eigenvalue weighted by Crippen LogP contribution is -2.16. The molecule has 1 aliphatic heterocycles. The summed E-state index contributed by atoms with van der Waals surface area (Å²) in [6.45, 7) is 2.83. The molecule has 4 N–H and O–H groups in total. The molecule has 1 heterocycles. The predicted octanol–water partition coefficient (Wildman–Crippen LogP) is 2.90. The van der Waals surface area contributed by atoms with E-state index in [4.69, 9.17) is 18.9 Å². The van der Waals surface area contributed by atoms with Crippen molar-refractivity contribution in [1.82, 2.24) is 0 Å². The molecule has 10 heteroatoms. The van der Waals surface area contributed by atoms with E-state index in [1.165, 1.54) is 26.4 Å². The van der Waals surface area contributed by atoms with Crippen LogP contribution in [0.5, 0.6) is 34.5 Å². The molecular formula is C29H26O10. The van der Waals surface area contributed by atoms with Crippen molar-refractivity contribution in [3.05, 3.63) is 43.7 Å². The summed E-state index contributed by atoms with van der Waals surface area (Å²) in [6.07, 6.45) is -1.74. The number of phenolic OH excluding ortho intramolecular Hbond substituents is 2. The minimum absolute atomic E-state index is 0.00464. The van der Waals surface area contributed by atoms with Gasteiger partial charge in [0.25, 0.3) is 0 Å². The summed E-state index contributed by atoms with van der Waals surface area (Å²) in [5.41, 5.74) is -0.283. The Hall–Kier alpha value is -4.28. The molecule has 2 atom stereocenters. The van der Waals surface area contributed by atoms with E-state index < -0.39 is 28.8 Å². The summed E-state index contributed by atoms with van der Waals surface area (Å²) in [7, 11) is 2.69. The van der Waals surface area contributed by atoms with Crippen molar-refractivity contribution in [2.24, 2.45) is 0 Å². The van der Waals surface area contributed by atoms with E-state index in [0.29, 0.717) is 43.4 Å². The largest absolute Gasteiger partial charge is 0.504 e. The van der Waals surface area contributed by atoms with Gasteiger partial charge in [-0.1, -0.05) is 0 Å². The van der Waals surface area contributed by atoms with Gasteiger partial charge >= 0.3 is 0 Å². The number of rotatable bonds is 6. The van der Waals surface area contributed by atoms with Crippen LogP contribution in [0.3, 0.4) is 0 Å². The maximum Gasteiger partial charge on any atom is 0.231 e. The Morgan fingerprint density at radius 3 is 2.03 bits per heavy atom. The number of aliphatic hydroxyl groups excluding tert-OH is 2. The first-order valence-corrected chi connectivity index (χ1v) is 12.4. The van der Waals surface area contributed by atoms with E-state index in [0.717, 1.165) is 0 Å². The summed E-state index contributed by atoms with van der Waals surface area (Å²) in [4.78, 5) is 27.2.